The molecule has 0 aliphatic heterocycles. The number of aryl methyl sites for hydroxylation is 3. The van der Waals surface area contributed by atoms with Gasteiger partial charge in [0.2, 0.25) is 0 Å². The second-order valence-corrected chi connectivity index (χ2v) is 6.34. The number of nitrogens with one attached hydrogen (secondary N) is 1. The smallest absolute Gasteiger partial charge is 0.0549 e. The number of hydrogen-bond donors (Lipinski definition) is 1. The summed E-state index contributed by atoms with van der Waals surface area (Å²) in [5.74, 6) is 0. The molecule has 0 radical (unpaired) electrons. The van der Waals surface area contributed by atoms with Crippen molar-refractivity contribution in [3.05, 3.63) is 56.3 Å². The number of halogens is 2. The average molecular weight is 354 g/mol. The van der Waals surface area contributed by atoms with Gasteiger partial charge in [-0.15, -0.1) is 0 Å². The minimum Gasteiger partial charge on any atom is -0.378 e. The largest absolute Gasteiger partial charge is 0.378 e. The molecule has 1 aromatic carbocycles. The number of rotatable bonds is 3. The lowest BCUT2D eigenvalue weighted by molar-refractivity contribution is 0.843. The van der Waals surface area contributed by atoms with Crippen LogP contribution in [0.3, 0.4) is 0 Å². The number of hydrogen-bond acceptors (Lipinski definition) is 2. The lowest BCUT2D eigenvalue weighted by atomic mass is 10.00. The Morgan fingerprint density at radius 2 is 1.90 bits per heavy atom. The van der Waals surface area contributed by atoms with Crippen molar-refractivity contribution < 1.29 is 0 Å². The molecule has 1 heterocycles. The Bertz CT molecular complexity index is 617. The number of benzene rings is 1. The summed E-state index contributed by atoms with van der Waals surface area (Å²) in [6.45, 7) is 8.37. The number of anilines is 1. The van der Waals surface area contributed by atoms with E-state index >= 15 is 0 Å². The van der Waals surface area contributed by atoms with Crippen LogP contribution in [0.2, 0.25) is 5.02 Å². The van der Waals surface area contributed by atoms with Gasteiger partial charge in [-0.25, -0.2) is 0 Å². The van der Waals surface area contributed by atoms with Gasteiger partial charge in [-0.1, -0.05) is 11.6 Å². The first-order valence-electron chi connectivity index (χ1n) is 6.55. The highest BCUT2D eigenvalue weighted by Crippen LogP contribution is 2.29. The summed E-state index contributed by atoms with van der Waals surface area (Å²) in [5.41, 5.74) is 5.69. The van der Waals surface area contributed by atoms with Crippen molar-refractivity contribution in [1.82, 2.24) is 4.98 Å². The fraction of sp³-hybridized carbons (Fsp3) is 0.312. The van der Waals surface area contributed by atoms with E-state index in [1.54, 1.807) is 0 Å². The molecule has 0 fully saturated rings. The zero-order chi connectivity index (χ0) is 14.9. The van der Waals surface area contributed by atoms with E-state index in [1.165, 1.54) is 11.1 Å². The normalized spacial score (nSPS) is 12.3. The molecule has 1 unspecified atom stereocenters. The van der Waals surface area contributed by atoms with E-state index in [0.29, 0.717) is 5.02 Å². The first-order valence-corrected chi connectivity index (χ1v) is 7.72. The third-order valence-corrected chi connectivity index (χ3v) is 4.53. The fourth-order valence-corrected chi connectivity index (χ4v) is 3.09. The van der Waals surface area contributed by atoms with Crippen LogP contribution in [0.25, 0.3) is 0 Å². The molecule has 1 aromatic heterocycles. The van der Waals surface area contributed by atoms with Crippen LogP contribution < -0.4 is 5.32 Å². The zero-order valence-corrected chi connectivity index (χ0v) is 14.4. The highest BCUT2D eigenvalue weighted by atomic mass is 79.9. The summed E-state index contributed by atoms with van der Waals surface area (Å²) in [6.07, 6.45) is 0. The van der Waals surface area contributed by atoms with Gasteiger partial charge in [-0.3, -0.25) is 4.98 Å². The third kappa shape index (κ3) is 3.33. The Morgan fingerprint density at radius 1 is 1.20 bits per heavy atom. The fourth-order valence-electron chi connectivity index (χ4n) is 2.60. The first kappa shape index (κ1) is 15.3. The van der Waals surface area contributed by atoms with Gasteiger partial charge in [0.05, 0.1) is 11.1 Å². The van der Waals surface area contributed by atoms with Gasteiger partial charge in [0, 0.05) is 21.5 Å². The van der Waals surface area contributed by atoms with Crippen molar-refractivity contribution in [2.24, 2.45) is 0 Å². The standard InChI is InChI=1S/C16H18BrClN2/c1-9-7-10(2)19-11(3)16(9)12(4)20-13-5-6-15(18)14(17)8-13/h5-8,12,20H,1-4H3. The van der Waals surface area contributed by atoms with Crippen LogP contribution in [0.1, 0.15) is 35.5 Å². The summed E-state index contributed by atoms with van der Waals surface area (Å²) in [7, 11) is 0. The lowest BCUT2D eigenvalue weighted by Gasteiger charge is -2.20. The Morgan fingerprint density at radius 3 is 2.50 bits per heavy atom. The predicted octanol–water partition coefficient (Wildman–Crippen LogP) is 5.60. The topological polar surface area (TPSA) is 24.9 Å². The molecule has 0 saturated carbocycles. The van der Waals surface area contributed by atoms with Crippen LogP contribution in [0.5, 0.6) is 0 Å². The SMILES string of the molecule is Cc1cc(C)c(C(C)Nc2ccc(Cl)c(Br)c2)c(C)n1. The molecule has 2 aromatic rings. The maximum absolute atomic E-state index is 6.02. The van der Waals surface area contributed by atoms with Crippen LogP contribution in [-0.4, -0.2) is 4.98 Å². The van der Waals surface area contributed by atoms with Crippen LogP contribution in [0, 0.1) is 20.8 Å². The minimum absolute atomic E-state index is 0.191. The van der Waals surface area contributed by atoms with E-state index in [2.05, 4.69) is 53.1 Å². The maximum atomic E-state index is 6.02. The van der Waals surface area contributed by atoms with E-state index < -0.39 is 0 Å². The van der Waals surface area contributed by atoms with Crippen molar-refractivity contribution in [2.75, 3.05) is 5.32 Å². The molecule has 2 rings (SSSR count). The van der Waals surface area contributed by atoms with Crippen molar-refractivity contribution in [3.63, 3.8) is 0 Å². The third-order valence-electron chi connectivity index (χ3n) is 3.32. The molecular formula is C16H18BrClN2. The molecular weight excluding hydrogens is 336 g/mol. The number of pyridine rings is 1. The Balaban J connectivity index is 2.28. The van der Waals surface area contributed by atoms with Gasteiger partial charge >= 0.3 is 0 Å². The predicted molar refractivity (Wildman–Crippen MR) is 89.6 cm³/mol. The second-order valence-electron chi connectivity index (χ2n) is 5.07. The van der Waals surface area contributed by atoms with Crippen LogP contribution >= 0.6 is 27.5 Å². The summed E-state index contributed by atoms with van der Waals surface area (Å²) in [6, 6.07) is 8.17. The molecule has 1 atom stereocenters. The molecule has 0 spiro atoms. The zero-order valence-electron chi connectivity index (χ0n) is 12.1. The number of nitrogens with zero attached hydrogens (tertiary/aromatic N) is 1. The molecule has 106 valence electrons. The molecule has 1 N–H and O–H groups in total. The maximum Gasteiger partial charge on any atom is 0.0549 e. The molecule has 0 aliphatic carbocycles. The molecule has 0 amide bonds. The van der Waals surface area contributed by atoms with Gasteiger partial charge in [-0.2, -0.15) is 0 Å². The van der Waals surface area contributed by atoms with Gasteiger partial charge in [-0.05, 0) is 79.0 Å². The van der Waals surface area contributed by atoms with E-state index in [0.717, 1.165) is 21.5 Å². The molecule has 0 aliphatic rings. The highest BCUT2D eigenvalue weighted by molar-refractivity contribution is 9.10. The lowest BCUT2D eigenvalue weighted by Crippen LogP contribution is -2.11. The molecule has 4 heteroatoms. The van der Waals surface area contributed by atoms with Crippen LogP contribution in [0.15, 0.2) is 28.7 Å². The van der Waals surface area contributed by atoms with Gasteiger partial charge < -0.3 is 5.32 Å². The summed E-state index contributed by atoms with van der Waals surface area (Å²) in [4.78, 5) is 4.56. The summed E-state index contributed by atoms with van der Waals surface area (Å²) < 4.78 is 0.895. The van der Waals surface area contributed by atoms with Crippen molar-refractivity contribution >= 4 is 33.2 Å². The Kier molecular flexibility index (Phi) is 4.71. The summed E-state index contributed by atoms with van der Waals surface area (Å²) in [5, 5.41) is 4.21. The monoisotopic (exact) mass is 352 g/mol. The van der Waals surface area contributed by atoms with Gasteiger partial charge in [0.15, 0.2) is 0 Å². The van der Waals surface area contributed by atoms with E-state index in [-0.39, 0.29) is 6.04 Å². The van der Waals surface area contributed by atoms with E-state index in [9.17, 15) is 0 Å². The minimum atomic E-state index is 0.191. The Hall–Kier alpha value is -1.06. The van der Waals surface area contributed by atoms with E-state index in [1.807, 2.05) is 25.1 Å². The van der Waals surface area contributed by atoms with Gasteiger partial charge in [0.25, 0.3) is 0 Å². The van der Waals surface area contributed by atoms with Crippen molar-refractivity contribution in [2.45, 2.75) is 33.7 Å². The molecule has 0 saturated heterocycles. The van der Waals surface area contributed by atoms with Crippen LogP contribution in [0.4, 0.5) is 5.69 Å². The Labute approximate surface area is 133 Å². The van der Waals surface area contributed by atoms with E-state index in [4.69, 9.17) is 11.6 Å². The molecule has 20 heavy (non-hydrogen) atoms. The average Bonchev–Trinajstić information content (AvgIpc) is 2.32. The van der Waals surface area contributed by atoms with Crippen molar-refractivity contribution in [1.29, 1.82) is 0 Å². The first-order chi connectivity index (χ1) is 9.38. The summed E-state index contributed by atoms with van der Waals surface area (Å²) >= 11 is 9.46. The van der Waals surface area contributed by atoms with Crippen LogP contribution in [-0.2, 0) is 0 Å². The quantitative estimate of drug-likeness (QED) is 0.777. The van der Waals surface area contributed by atoms with Crippen molar-refractivity contribution in [3.8, 4) is 0 Å². The molecule has 2 nitrogen and oxygen atoms in total. The second kappa shape index (κ2) is 6.15. The molecule has 0 bridgehead atoms. The van der Waals surface area contributed by atoms with Gasteiger partial charge in [0.1, 0.15) is 0 Å². The highest BCUT2D eigenvalue weighted by Gasteiger charge is 2.13. The number of aromatic nitrogens is 1.